The van der Waals surface area contributed by atoms with E-state index in [9.17, 15) is 4.79 Å². The van der Waals surface area contributed by atoms with Crippen LogP contribution in [0.3, 0.4) is 0 Å². The minimum atomic E-state index is -2.51. The molecule has 2 rings (SSSR count). The van der Waals surface area contributed by atoms with Gasteiger partial charge in [-0.15, -0.1) is 0 Å². The van der Waals surface area contributed by atoms with E-state index in [1.807, 2.05) is 14.1 Å². The van der Waals surface area contributed by atoms with Crippen molar-refractivity contribution in [2.24, 2.45) is 0 Å². The average molecular weight is 394 g/mol. The van der Waals surface area contributed by atoms with Gasteiger partial charge >= 0.3 is 0 Å². The summed E-state index contributed by atoms with van der Waals surface area (Å²) in [6, 6.07) is 3.76. The number of nitrogens with zero attached hydrogens (tertiary/aromatic N) is 1. The van der Waals surface area contributed by atoms with Gasteiger partial charge in [0.2, 0.25) is 0 Å². The van der Waals surface area contributed by atoms with Crippen molar-refractivity contribution >= 4 is 11.6 Å². The molecule has 4 heteroatoms. The number of hydrogen-bond donors (Lipinski definition) is 1. The molecule has 0 saturated carbocycles. The fraction of sp³-hybridized carbons (Fsp3) is 0.562. The van der Waals surface area contributed by atoms with E-state index in [-0.39, 0.29) is 52.7 Å². The zero-order valence-corrected chi connectivity index (χ0v) is 14.0. The largest absolute Gasteiger partial charge is 1.00 e. The summed E-state index contributed by atoms with van der Waals surface area (Å²) in [5, 5.41) is 2.64. The number of aryl methyl sites for hydroxylation is 2. The molecule has 1 heterocycles. The van der Waals surface area contributed by atoms with Crippen molar-refractivity contribution in [3.8, 4) is 0 Å². The van der Waals surface area contributed by atoms with E-state index in [2.05, 4.69) is 5.32 Å². The minimum Gasteiger partial charge on any atom is -1.00 e. The van der Waals surface area contributed by atoms with Gasteiger partial charge in [-0.1, -0.05) is 18.2 Å². The Morgan fingerprint density at radius 1 is 1.30 bits per heavy atom. The number of halogens is 1. The Morgan fingerprint density at radius 3 is 2.50 bits per heavy atom. The van der Waals surface area contributed by atoms with E-state index >= 15 is 0 Å². The first kappa shape index (κ1) is 10.2. The van der Waals surface area contributed by atoms with E-state index in [0.29, 0.717) is 10.9 Å². The number of piperidine rings is 1. The van der Waals surface area contributed by atoms with E-state index in [4.69, 9.17) is 8.22 Å². The molecule has 1 aliphatic heterocycles. The Labute approximate surface area is 147 Å². The molecule has 0 bridgehead atoms. The highest BCUT2D eigenvalue weighted by molar-refractivity contribution is 5.95. The summed E-state index contributed by atoms with van der Waals surface area (Å²) in [6.45, 7) is -4.17. The first-order valence-corrected chi connectivity index (χ1v) is 6.61. The highest BCUT2D eigenvalue weighted by Gasteiger charge is 2.37. The molecule has 20 heavy (non-hydrogen) atoms. The second-order valence-corrected chi connectivity index (χ2v) is 5.73. The van der Waals surface area contributed by atoms with Gasteiger partial charge in [-0.3, -0.25) is 4.79 Å². The maximum atomic E-state index is 12.8. The normalized spacial score (nSPS) is 26.6. The third-order valence-corrected chi connectivity index (χ3v) is 3.92. The van der Waals surface area contributed by atoms with Gasteiger partial charge in [0.05, 0.1) is 20.6 Å². The molecule has 1 aliphatic rings. The van der Waals surface area contributed by atoms with Gasteiger partial charge in [0.1, 0.15) is 0 Å². The predicted octanol–water partition coefficient (Wildman–Crippen LogP) is -0.125. The Bertz CT molecular complexity index is 625. The van der Waals surface area contributed by atoms with Crippen LogP contribution in [0.15, 0.2) is 18.2 Å². The summed E-state index contributed by atoms with van der Waals surface area (Å²) in [6.07, 6.45) is 2.65. The molecule has 0 spiro atoms. The van der Waals surface area contributed by atoms with Gasteiger partial charge < -0.3 is 33.8 Å². The van der Waals surface area contributed by atoms with Crippen LogP contribution >= 0.6 is 0 Å². The first-order chi connectivity index (χ1) is 11.3. The molecule has 1 aromatic carbocycles. The van der Waals surface area contributed by atoms with Gasteiger partial charge in [-0.25, -0.2) is 0 Å². The van der Waals surface area contributed by atoms with Crippen LogP contribution < -0.4 is 29.3 Å². The summed E-state index contributed by atoms with van der Waals surface area (Å²) in [4.78, 5) is 12.8. The lowest BCUT2D eigenvalue weighted by Crippen LogP contribution is -3.00. The van der Waals surface area contributed by atoms with Crippen LogP contribution in [-0.4, -0.2) is 37.1 Å². The van der Waals surface area contributed by atoms with Crippen LogP contribution in [0.2, 0.25) is 0 Å². The molecule has 0 radical (unpaired) electrons. The van der Waals surface area contributed by atoms with Crippen molar-refractivity contribution in [3.05, 3.63) is 29.3 Å². The number of rotatable bonds is 2. The van der Waals surface area contributed by atoms with Gasteiger partial charge in [0.15, 0.2) is 6.04 Å². The second kappa shape index (κ2) is 6.89. The van der Waals surface area contributed by atoms with Crippen molar-refractivity contribution in [2.75, 3.05) is 26.0 Å². The molecule has 1 amide bonds. The summed E-state index contributed by atoms with van der Waals surface area (Å²) in [5.41, 5.74) is -0.385. The molecule has 0 aliphatic carbocycles. The Morgan fingerprint density at radius 2 is 1.95 bits per heavy atom. The minimum absolute atomic E-state index is 0. The van der Waals surface area contributed by atoms with Crippen molar-refractivity contribution in [3.63, 3.8) is 0 Å². The second-order valence-electron chi connectivity index (χ2n) is 5.73. The number of anilines is 1. The molecule has 112 valence electrons. The lowest BCUT2D eigenvalue weighted by Gasteiger charge is -2.40. The highest BCUT2D eigenvalue weighted by Crippen LogP contribution is 2.25. The number of likely N-dealkylation sites (N-methyl/N-ethyl adjacent to an activating group) is 1. The summed E-state index contributed by atoms with van der Waals surface area (Å²) in [5.74, 6) is -0.327. The lowest BCUT2D eigenvalue weighted by atomic mass is 9.99. The molecular weight excluding hydrogens is 363 g/mol. The monoisotopic (exact) mass is 394 g/mol. The van der Waals surface area contributed by atoms with Crippen molar-refractivity contribution in [1.29, 1.82) is 0 Å². The Hall–Kier alpha value is -0.620. The number of quaternary nitrogens is 1. The van der Waals surface area contributed by atoms with Crippen molar-refractivity contribution in [1.82, 2.24) is 0 Å². The van der Waals surface area contributed by atoms with Crippen LogP contribution in [0.5, 0.6) is 0 Å². The maximum absolute atomic E-state index is 12.8. The first-order valence-electron chi connectivity index (χ1n) is 9.61. The molecule has 1 N–H and O–H groups in total. The number of nitrogens with one attached hydrogen (secondary N) is 1. The molecule has 0 aromatic heterocycles. The van der Waals surface area contributed by atoms with Gasteiger partial charge in [-0.05, 0) is 37.7 Å². The van der Waals surface area contributed by atoms with Crippen molar-refractivity contribution in [2.45, 2.75) is 39.0 Å². The van der Waals surface area contributed by atoms with E-state index in [1.54, 1.807) is 0 Å². The van der Waals surface area contributed by atoms with Crippen LogP contribution in [0.25, 0.3) is 0 Å². The Balaban J connectivity index is 0.00000338. The highest BCUT2D eigenvalue weighted by atomic mass is 127. The summed E-state index contributed by atoms with van der Waals surface area (Å²) < 4.78 is 46.6. The van der Waals surface area contributed by atoms with Crippen molar-refractivity contribution < 1.29 is 41.5 Å². The SMILES string of the molecule is [2H]C([2H])([2H])c1cccc(C([2H])([2H])[2H])c1NC(=O)C1CCCC[N+]1(C)C.[I-]. The third-order valence-electron chi connectivity index (χ3n) is 3.92. The number of benzene rings is 1. The predicted molar refractivity (Wildman–Crippen MR) is 79.2 cm³/mol. The van der Waals surface area contributed by atoms with Gasteiger partial charge in [0, 0.05) is 20.3 Å². The molecular formula is C16H25IN2O. The lowest BCUT2D eigenvalue weighted by molar-refractivity contribution is -0.910. The van der Waals surface area contributed by atoms with E-state index < -0.39 is 13.7 Å². The van der Waals surface area contributed by atoms with Gasteiger partial charge in [0.25, 0.3) is 5.91 Å². The zero-order valence-electron chi connectivity index (χ0n) is 17.9. The topological polar surface area (TPSA) is 29.1 Å². The average Bonchev–Trinajstić information content (AvgIpc) is 2.44. The summed E-state index contributed by atoms with van der Waals surface area (Å²) >= 11 is 0. The van der Waals surface area contributed by atoms with Crippen LogP contribution in [0.4, 0.5) is 5.69 Å². The maximum Gasteiger partial charge on any atom is 0.282 e. The molecule has 1 saturated heterocycles. The van der Waals surface area contributed by atoms with Crippen LogP contribution in [-0.2, 0) is 4.79 Å². The number of para-hydroxylation sites is 1. The quantitative estimate of drug-likeness (QED) is 0.550. The Kier molecular flexibility index (Phi) is 3.50. The van der Waals surface area contributed by atoms with Gasteiger partial charge in [-0.2, -0.15) is 0 Å². The number of hydrogen-bond acceptors (Lipinski definition) is 1. The summed E-state index contributed by atoms with van der Waals surface area (Å²) in [7, 11) is 3.92. The van der Waals surface area contributed by atoms with Crippen LogP contribution in [0, 0.1) is 13.7 Å². The molecule has 1 fully saturated rings. The fourth-order valence-corrected chi connectivity index (χ4v) is 2.70. The standard InChI is InChI=1S/C16H24N2O.HI/c1-12-8-7-9-13(2)15(12)17-16(19)14-10-5-6-11-18(14,3)4;/h7-9,14H,5-6,10-11H2,1-4H3;1H/i1D3,2D3;. The molecule has 1 unspecified atom stereocenters. The number of likely N-dealkylation sites (tertiary alicyclic amines) is 1. The molecule has 1 aromatic rings. The van der Waals surface area contributed by atoms with E-state index in [0.717, 1.165) is 19.4 Å². The number of amides is 1. The zero-order chi connectivity index (χ0) is 19.0. The number of carbonyl (C=O) groups excluding carboxylic acids is 1. The number of carbonyl (C=O) groups is 1. The molecule has 1 atom stereocenters. The van der Waals surface area contributed by atoms with E-state index in [1.165, 1.54) is 18.2 Å². The molecule has 3 nitrogen and oxygen atoms in total. The smallest absolute Gasteiger partial charge is 0.282 e. The fourth-order valence-electron chi connectivity index (χ4n) is 2.70. The third kappa shape index (κ3) is 3.73. The van der Waals surface area contributed by atoms with Crippen LogP contribution in [0.1, 0.15) is 38.6 Å².